The summed E-state index contributed by atoms with van der Waals surface area (Å²) in [6.07, 6.45) is 13.1. The van der Waals surface area contributed by atoms with Gasteiger partial charge in [0.1, 0.15) is 5.75 Å². The maximum absolute atomic E-state index is 11.1. The molecule has 10 atom stereocenters. The van der Waals surface area contributed by atoms with Crippen molar-refractivity contribution in [1.29, 1.82) is 0 Å². The Hall–Kier alpha value is -1.89. The molecule has 6 heteroatoms. The van der Waals surface area contributed by atoms with E-state index in [2.05, 4.69) is 54.5 Å². The van der Waals surface area contributed by atoms with Crippen molar-refractivity contribution in [3.05, 3.63) is 41.5 Å². The standard InChI is InChI=1S/C40H60O6/c1-35(2)23-29-28-13-14-31-37(4)17-16-32(42)38(5,25-41)30(37)15-18-40(31,7)39(28,6)20-19-36(29,3)33(24-35)46-22-8-21-45-27-11-9-26(10-12-27)34(43)44/h9-13,29-33,41-42H,8,14-25H2,1-7H3,(H,43,44)/t29-,30?,31?,32-,33+,36+,37-,38+,39+,40+/m0/s1. The van der Waals surface area contributed by atoms with Crippen LogP contribution in [0.15, 0.2) is 35.9 Å². The number of aliphatic hydroxyl groups excluding tert-OH is 2. The highest BCUT2D eigenvalue weighted by molar-refractivity contribution is 5.87. The van der Waals surface area contributed by atoms with E-state index >= 15 is 0 Å². The molecule has 4 saturated carbocycles. The van der Waals surface area contributed by atoms with E-state index in [0.29, 0.717) is 36.7 Å². The lowest BCUT2D eigenvalue weighted by Crippen LogP contribution is -2.66. The number of hydrogen-bond donors (Lipinski definition) is 3. The van der Waals surface area contributed by atoms with Crippen LogP contribution in [0, 0.1) is 50.2 Å². The van der Waals surface area contributed by atoms with Gasteiger partial charge in [-0.25, -0.2) is 4.79 Å². The summed E-state index contributed by atoms with van der Waals surface area (Å²) in [6, 6.07) is 6.60. The Morgan fingerprint density at radius 1 is 0.870 bits per heavy atom. The fraction of sp³-hybridized carbons (Fsp3) is 0.775. The molecule has 46 heavy (non-hydrogen) atoms. The Kier molecular flexibility index (Phi) is 8.59. The average molecular weight is 637 g/mol. The fourth-order valence-electron chi connectivity index (χ4n) is 12.1. The van der Waals surface area contributed by atoms with Gasteiger partial charge < -0.3 is 24.8 Å². The molecule has 256 valence electrons. The average Bonchev–Trinajstić information content (AvgIpc) is 3.00. The molecule has 1 aromatic carbocycles. The van der Waals surface area contributed by atoms with Gasteiger partial charge in [0.2, 0.25) is 0 Å². The second-order valence-electron chi connectivity index (χ2n) is 18.0. The van der Waals surface area contributed by atoms with Gasteiger partial charge >= 0.3 is 5.97 Å². The number of benzene rings is 1. The Labute approximate surface area is 277 Å². The van der Waals surface area contributed by atoms with Gasteiger partial charge in [0, 0.05) is 17.3 Å². The van der Waals surface area contributed by atoms with Crippen molar-refractivity contribution >= 4 is 5.97 Å². The third-order valence-corrected chi connectivity index (χ3v) is 15.2. The molecule has 5 aliphatic carbocycles. The van der Waals surface area contributed by atoms with E-state index in [4.69, 9.17) is 14.6 Å². The second-order valence-corrected chi connectivity index (χ2v) is 18.0. The molecule has 5 aliphatic rings. The lowest BCUT2D eigenvalue weighted by atomic mass is 9.33. The van der Waals surface area contributed by atoms with Crippen LogP contribution in [0.2, 0.25) is 0 Å². The van der Waals surface area contributed by atoms with E-state index in [1.54, 1.807) is 29.8 Å². The Morgan fingerprint density at radius 3 is 2.26 bits per heavy atom. The van der Waals surface area contributed by atoms with Crippen LogP contribution in [0.1, 0.15) is 123 Å². The number of aliphatic hydroxyl groups is 2. The maximum atomic E-state index is 11.1. The molecule has 0 saturated heterocycles. The summed E-state index contributed by atoms with van der Waals surface area (Å²) in [4.78, 5) is 11.1. The molecule has 4 fully saturated rings. The highest BCUT2D eigenvalue weighted by Crippen LogP contribution is 2.75. The Balaban J connectivity index is 1.19. The van der Waals surface area contributed by atoms with Gasteiger partial charge in [-0.2, -0.15) is 0 Å². The number of hydrogen-bond acceptors (Lipinski definition) is 5. The minimum Gasteiger partial charge on any atom is -0.494 e. The quantitative estimate of drug-likeness (QED) is 0.196. The first kappa shape index (κ1) is 34.0. The van der Waals surface area contributed by atoms with Crippen LogP contribution < -0.4 is 4.74 Å². The highest BCUT2D eigenvalue weighted by Gasteiger charge is 2.69. The van der Waals surface area contributed by atoms with Crippen LogP contribution >= 0.6 is 0 Å². The van der Waals surface area contributed by atoms with Gasteiger partial charge in [0.05, 0.1) is 37.6 Å². The molecule has 0 heterocycles. The molecule has 0 amide bonds. The van der Waals surface area contributed by atoms with Crippen molar-refractivity contribution in [3.8, 4) is 5.75 Å². The van der Waals surface area contributed by atoms with Crippen LogP contribution in [-0.2, 0) is 4.74 Å². The van der Waals surface area contributed by atoms with Gasteiger partial charge in [-0.1, -0.05) is 60.1 Å². The minimum absolute atomic E-state index is 0.0686. The second kappa shape index (κ2) is 11.6. The zero-order valence-corrected chi connectivity index (χ0v) is 29.5. The molecule has 6 rings (SSSR count). The monoisotopic (exact) mass is 636 g/mol. The zero-order valence-electron chi connectivity index (χ0n) is 29.5. The van der Waals surface area contributed by atoms with E-state index < -0.39 is 17.5 Å². The van der Waals surface area contributed by atoms with Gasteiger partial charge in [0.25, 0.3) is 0 Å². The van der Waals surface area contributed by atoms with Crippen LogP contribution in [0.3, 0.4) is 0 Å². The molecule has 1 aromatic rings. The summed E-state index contributed by atoms with van der Waals surface area (Å²) >= 11 is 0. The fourth-order valence-corrected chi connectivity index (χ4v) is 12.1. The largest absolute Gasteiger partial charge is 0.494 e. The Morgan fingerprint density at radius 2 is 1.59 bits per heavy atom. The zero-order chi connectivity index (χ0) is 33.3. The van der Waals surface area contributed by atoms with E-state index in [9.17, 15) is 15.0 Å². The molecule has 0 radical (unpaired) electrons. The highest BCUT2D eigenvalue weighted by atomic mass is 16.5. The van der Waals surface area contributed by atoms with E-state index in [-0.39, 0.29) is 45.3 Å². The molecule has 0 aliphatic heterocycles. The third-order valence-electron chi connectivity index (χ3n) is 15.2. The SMILES string of the molecule is CC1(C)C[C@@H](OCCCOc2ccc(C(=O)O)cc2)[C@]2(C)CC[C@]3(C)C(=CCC4[C@@]5(C)CC[C@H](O)[C@](C)(CO)C5CC[C@]43C)[C@@H]2C1. The molecular weight excluding hydrogens is 576 g/mol. The summed E-state index contributed by atoms with van der Waals surface area (Å²) in [5, 5.41) is 30.8. The first-order valence-electron chi connectivity index (χ1n) is 18.1. The van der Waals surface area contributed by atoms with E-state index in [0.717, 1.165) is 38.5 Å². The normalized spacial score (nSPS) is 44.5. The number of fused-ring (bicyclic) bond motifs is 7. The Bertz CT molecular complexity index is 1340. The van der Waals surface area contributed by atoms with Crippen LogP contribution in [0.4, 0.5) is 0 Å². The van der Waals surface area contributed by atoms with Crippen molar-refractivity contribution in [2.75, 3.05) is 19.8 Å². The lowest BCUT2D eigenvalue weighted by Gasteiger charge is -2.71. The van der Waals surface area contributed by atoms with Crippen molar-refractivity contribution in [3.63, 3.8) is 0 Å². The van der Waals surface area contributed by atoms with E-state index in [1.165, 1.54) is 25.7 Å². The predicted molar refractivity (Wildman–Crippen MR) is 181 cm³/mol. The van der Waals surface area contributed by atoms with Crippen LogP contribution in [0.5, 0.6) is 5.75 Å². The summed E-state index contributed by atoms with van der Waals surface area (Å²) in [5.41, 5.74) is 2.30. The molecule has 2 unspecified atom stereocenters. The van der Waals surface area contributed by atoms with Crippen molar-refractivity contribution < 1.29 is 29.6 Å². The number of carboxylic acids is 1. The number of rotatable bonds is 8. The topological polar surface area (TPSA) is 96.2 Å². The van der Waals surface area contributed by atoms with Gasteiger partial charge in [-0.15, -0.1) is 0 Å². The smallest absolute Gasteiger partial charge is 0.335 e. The minimum atomic E-state index is -0.930. The third kappa shape index (κ3) is 5.10. The molecule has 6 nitrogen and oxygen atoms in total. The van der Waals surface area contributed by atoms with Crippen molar-refractivity contribution in [1.82, 2.24) is 0 Å². The number of allylic oxidation sites excluding steroid dienone is 2. The molecule has 0 aromatic heterocycles. The maximum Gasteiger partial charge on any atom is 0.335 e. The van der Waals surface area contributed by atoms with E-state index in [1.807, 2.05) is 0 Å². The number of carboxylic acid groups (broad SMARTS) is 1. The molecule has 3 N–H and O–H groups in total. The van der Waals surface area contributed by atoms with Gasteiger partial charge in [-0.05, 0) is 121 Å². The molecular formula is C40H60O6. The number of ether oxygens (including phenoxy) is 2. The van der Waals surface area contributed by atoms with Crippen molar-refractivity contribution in [2.45, 2.75) is 125 Å². The first-order valence-corrected chi connectivity index (χ1v) is 18.1. The summed E-state index contributed by atoms with van der Waals surface area (Å²) in [5.74, 6) is 1.16. The summed E-state index contributed by atoms with van der Waals surface area (Å²) in [6.45, 7) is 18.5. The lowest BCUT2D eigenvalue weighted by molar-refractivity contribution is -0.220. The van der Waals surface area contributed by atoms with Gasteiger partial charge in [0.15, 0.2) is 0 Å². The first-order chi connectivity index (χ1) is 21.5. The number of aromatic carboxylic acids is 1. The molecule has 0 bridgehead atoms. The summed E-state index contributed by atoms with van der Waals surface area (Å²) in [7, 11) is 0. The van der Waals surface area contributed by atoms with Gasteiger partial charge in [-0.3, -0.25) is 0 Å². The number of carbonyl (C=O) groups is 1. The van der Waals surface area contributed by atoms with Crippen molar-refractivity contribution in [2.24, 2.45) is 50.2 Å². The van der Waals surface area contributed by atoms with Crippen LogP contribution in [0.25, 0.3) is 0 Å². The van der Waals surface area contributed by atoms with Crippen LogP contribution in [-0.4, -0.2) is 53.3 Å². The molecule has 0 spiro atoms. The predicted octanol–water partition coefficient (Wildman–Crippen LogP) is 8.30. The summed E-state index contributed by atoms with van der Waals surface area (Å²) < 4.78 is 12.7.